The van der Waals surface area contributed by atoms with Crippen molar-refractivity contribution >= 4 is 27.5 Å². The van der Waals surface area contributed by atoms with Crippen molar-refractivity contribution in [3.05, 3.63) is 57.1 Å². The fourth-order valence-corrected chi connectivity index (χ4v) is 3.40. The third-order valence-corrected chi connectivity index (χ3v) is 5.85. The molecule has 1 N–H and O–H groups in total. The molecule has 2 aromatic heterocycles. The van der Waals surface area contributed by atoms with Crippen LogP contribution in [-0.4, -0.2) is 32.6 Å². The van der Waals surface area contributed by atoms with Gasteiger partial charge in [-0.1, -0.05) is 12.1 Å². The number of amides is 1. The Hall–Kier alpha value is -2.61. The first-order valence-corrected chi connectivity index (χ1v) is 9.75. The lowest BCUT2D eigenvalue weighted by molar-refractivity contribution is -0.116. The standard InChI is InChI=1S/C20H24BrN5O2/c1-12-19(21)14(3)26(23-12)11-18(27)22-20-13(2)24-25(15(20)4)10-16-7-6-8-17(9-16)28-5/h6-9H,10-11H2,1-5H3,(H,22,27). The molecule has 148 valence electrons. The van der Waals surface area contributed by atoms with Crippen LogP contribution in [0.1, 0.15) is 28.3 Å². The molecule has 0 aliphatic rings. The Labute approximate surface area is 172 Å². The number of aryl methyl sites for hydroxylation is 2. The molecule has 1 aromatic carbocycles. The van der Waals surface area contributed by atoms with Gasteiger partial charge in [0.15, 0.2) is 0 Å². The molecule has 0 aliphatic carbocycles. The van der Waals surface area contributed by atoms with Gasteiger partial charge in [-0.15, -0.1) is 0 Å². The lowest BCUT2D eigenvalue weighted by atomic mass is 10.2. The number of methoxy groups -OCH3 is 1. The Kier molecular flexibility index (Phi) is 5.88. The number of nitrogens with one attached hydrogen (secondary N) is 1. The van der Waals surface area contributed by atoms with Crippen LogP contribution < -0.4 is 10.1 Å². The van der Waals surface area contributed by atoms with Gasteiger partial charge in [0.2, 0.25) is 5.91 Å². The predicted octanol–water partition coefficient (Wildman–Crippen LogP) is 3.77. The first-order valence-electron chi connectivity index (χ1n) is 8.96. The van der Waals surface area contributed by atoms with Crippen LogP contribution in [0.15, 0.2) is 28.7 Å². The highest BCUT2D eigenvalue weighted by Crippen LogP contribution is 2.23. The number of benzene rings is 1. The Morgan fingerprint density at radius 3 is 2.46 bits per heavy atom. The molecule has 3 rings (SSSR count). The molecule has 0 aliphatic heterocycles. The Morgan fingerprint density at radius 2 is 1.82 bits per heavy atom. The van der Waals surface area contributed by atoms with Gasteiger partial charge in [0.1, 0.15) is 12.3 Å². The monoisotopic (exact) mass is 445 g/mol. The molecular weight excluding hydrogens is 422 g/mol. The minimum absolute atomic E-state index is 0.134. The quantitative estimate of drug-likeness (QED) is 0.626. The molecule has 3 aromatic rings. The normalized spacial score (nSPS) is 10.9. The zero-order valence-electron chi connectivity index (χ0n) is 16.7. The van der Waals surface area contributed by atoms with E-state index in [0.29, 0.717) is 6.54 Å². The minimum atomic E-state index is -0.134. The van der Waals surface area contributed by atoms with Crippen molar-refractivity contribution in [2.24, 2.45) is 0 Å². The van der Waals surface area contributed by atoms with Crippen molar-refractivity contribution in [3.63, 3.8) is 0 Å². The van der Waals surface area contributed by atoms with Crippen LogP contribution in [0, 0.1) is 27.7 Å². The average Bonchev–Trinajstić information content (AvgIpc) is 3.06. The van der Waals surface area contributed by atoms with E-state index in [1.54, 1.807) is 11.8 Å². The Morgan fingerprint density at radius 1 is 1.11 bits per heavy atom. The van der Waals surface area contributed by atoms with Gasteiger partial charge in [-0.3, -0.25) is 14.2 Å². The second kappa shape index (κ2) is 8.18. The van der Waals surface area contributed by atoms with E-state index in [-0.39, 0.29) is 12.5 Å². The number of aromatic nitrogens is 4. The fraction of sp³-hybridized carbons (Fsp3) is 0.350. The van der Waals surface area contributed by atoms with Crippen LogP contribution in [0.5, 0.6) is 5.75 Å². The summed E-state index contributed by atoms with van der Waals surface area (Å²) in [6.07, 6.45) is 0. The molecule has 0 atom stereocenters. The smallest absolute Gasteiger partial charge is 0.246 e. The lowest BCUT2D eigenvalue weighted by Crippen LogP contribution is -2.21. The number of hydrogen-bond donors (Lipinski definition) is 1. The van der Waals surface area contributed by atoms with Gasteiger partial charge in [-0.05, 0) is 61.3 Å². The Bertz CT molecular complexity index is 1020. The number of nitrogens with zero attached hydrogens (tertiary/aromatic N) is 4. The molecule has 0 unspecified atom stereocenters. The summed E-state index contributed by atoms with van der Waals surface area (Å²) in [6, 6.07) is 7.87. The van der Waals surface area contributed by atoms with Gasteiger partial charge in [0.05, 0.1) is 46.6 Å². The van der Waals surface area contributed by atoms with E-state index >= 15 is 0 Å². The summed E-state index contributed by atoms with van der Waals surface area (Å²) < 4.78 is 9.79. The van der Waals surface area contributed by atoms with Crippen LogP contribution in [-0.2, 0) is 17.9 Å². The van der Waals surface area contributed by atoms with E-state index in [2.05, 4.69) is 31.4 Å². The highest BCUT2D eigenvalue weighted by atomic mass is 79.9. The first kappa shape index (κ1) is 20.1. The van der Waals surface area contributed by atoms with Crippen molar-refractivity contribution in [3.8, 4) is 5.75 Å². The number of ether oxygens (including phenoxy) is 1. The van der Waals surface area contributed by atoms with Crippen LogP contribution >= 0.6 is 15.9 Å². The van der Waals surface area contributed by atoms with Crippen LogP contribution in [0.3, 0.4) is 0 Å². The zero-order chi connectivity index (χ0) is 20.4. The van der Waals surface area contributed by atoms with E-state index in [1.807, 2.05) is 56.6 Å². The van der Waals surface area contributed by atoms with Gasteiger partial charge in [0.25, 0.3) is 0 Å². The van der Waals surface area contributed by atoms with Crippen molar-refractivity contribution in [1.29, 1.82) is 0 Å². The highest BCUT2D eigenvalue weighted by Gasteiger charge is 2.17. The van der Waals surface area contributed by atoms with E-state index in [9.17, 15) is 4.79 Å². The Balaban J connectivity index is 1.75. The van der Waals surface area contributed by atoms with Crippen LogP contribution in [0.4, 0.5) is 5.69 Å². The summed E-state index contributed by atoms with van der Waals surface area (Å²) in [5.74, 6) is 0.675. The van der Waals surface area contributed by atoms with Crippen LogP contribution in [0.2, 0.25) is 0 Å². The number of rotatable bonds is 6. The van der Waals surface area contributed by atoms with E-state index in [1.165, 1.54) is 0 Å². The van der Waals surface area contributed by atoms with Crippen molar-refractivity contribution in [1.82, 2.24) is 19.6 Å². The molecule has 0 radical (unpaired) electrons. The molecule has 0 saturated heterocycles. The third kappa shape index (κ3) is 4.11. The maximum Gasteiger partial charge on any atom is 0.246 e. The van der Waals surface area contributed by atoms with Crippen molar-refractivity contribution in [2.45, 2.75) is 40.8 Å². The van der Waals surface area contributed by atoms with Gasteiger partial charge in [-0.2, -0.15) is 10.2 Å². The molecule has 28 heavy (non-hydrogen) atoms. The minimum Gasteiger partial charge on any atom is -0.497 e. The average molecular weight is 446 g/mol. The number of carbonyl (C=O) groups is 1. The van der Waals surface area contributed by atoms with Gasteiger partial charge in [0, 0.05) is 0 Å². The summed E-state index contributed by atoms with van der Waals surface area (Å²) >= 11 is 3.49. The summed E-state index contributed by atoms with van der Waals surface area (Å²) in [5.41, 5.74) is 5.30. The summed E-state index contributed by atoms with van der Waals surface area (Å²) in [5, 5.41) is 12.0. The van der Waals surface area contributed by atoms with Crippen LogP contribution in [0.25, 0.3) is 0 Å². The second-order valence-corrected chi connectivity index (χ2v) is 7.54. The molecule has 0 bridgehead atoms. The van der Waals surface area contributed by atoms with E-state index < -0.39 is 0 Å². The van der Waals surface area contributed by atoms with E-state index in [4.69, 9.17) is 4.74 Å². The van der Waals surface area contributed by atoms with Crippen molar-refractivity contribution in [2.75, 3.05) is 12.4 Å². The molecular formula is C20H24BrN5O2. The molecule has 2 heterocycles. The predicted molar refractivity (Wildman–Crippen MR) is 112 cm³/mol. The largest absolute Gasteiger partial charge is 0.497 e. The van der Waals surface area contributed by atoms with Gasteiger partial charge in [-0.25, -0.2) is 0 Å². The number of halogens is 1. The number of carbonyl (C=O) groups excluding carboxylic acids is 1. The van der Waals surface area contributed by atoms with Gasteiger partial charge >= 0.3 is 0 Å². The SMILES string of the molecule is COc1cccc(Cn2nc(C)c(NC(=O)Cn3nc(C)c(Br)c3C)c2C)c1. The molecule has 0 fully saturated rings. The molecule has 7 nitrogen and oxygen atoms in total. The molecule has 0 saturated carbocycles. The first-order chi connectivity index (χ1) is 13.3. The lowest BCUT2D eigenvalue weighted by Gasteiger charge is -2.09. The maximum atomic E-state index is 12.6. The second-order valence-electron chi connectivity index (χ2n) is 6.75. The van der Waals surface area contributed by atoms with Gasteiger partial charge < -0.3 is 10.1 Å². The summed E-state index contributed by atoms with van der Waals surface area (Å²) in [4.78, 5) is 12.6. The summed E-state index contributed by atoms with van der Waals surface area (Å²) in [6.45, 7) is 8.44. The topological polar surface area (TPSA) is 74.0 Å². The fourth-order valence-electron chi connectivity index (χ4n) is 3.12. The molecule has 1 amide bonds. The molecule has 0 spiro atoms. The molecule has 8 heteroatoms. The maximum absolute atomic E-state index is 12.6. The van der Waals surface area contributed by atoms with Crippen molar-refractivity contribution < 1.29 is 9.53 Å². The zero-order valence-corrected chi connectivity index (χ0v) is 18.3. The number of hydrogen-bond acceptors (Lipinski definition) is 4. The summed E-state index contributed by atoms with van der Waals surface area (Å²) in [7, 11) is 1.65. The third-order valence-electron chi connectivity index (χ3n) is 4.70. The van der Waals surface area contributed by atoms with E-state index in [0.717, 1.165) is 44.2 Å². The highest BCUT2D eigenvalue weighted by molar-refractivity contribution is 9.10. The number of anilines is 1.